The fourth-order valence-corrected chi connectivity index (χ4v) is 4.55. The van der Waals surface area contributed by atoms with E-state index in [1.807, 2.05) is 45.8 Å². The number of fused-ring (bicyclic) bond motifs is 2. The molecule has 0 N–H and O–H groups in total. The van der Waals surface area contributed by atoms with E-state index in [0.29, 0.717) is 0 Å². The highest BCUT2D eigenvalue weighted by Crippen LogP contribution is 2.39. The van der Waals surface area contributed by atoms with Crippen molar-refractivity contribution >= 4 is 22.1 Å². The smallest absolute Gasteiger partial charge is 0.166 e. The first-order valence-corrected chi connectivity index (χ1v) is 11.1. The number of nitrogens with zero attached hydrogens (tertiary/aromatic N) is 5. The highest BCUT2D eigenvalue weighted by atomic mass is 15.3. The van der Waals surface area contributed by atoms with Gasteiger partial charge in [-0.1, -0.05) is 66.2 Å². The molecule has 0 unspecified atom stereocenters. The Morgan fingerprint density at radius 3 is 1.45 bits per heavy atom. The third kappa shape index (κ3) is 3.04. The number of para-hydroxylation sites is 2. The van der Waals surface area contributed by atoms with Gasteiger partial charge in [0.1, 0.15) is 0 Å². The molecule has 0 atom stereocenters. The summed E-state index contributed by atoms with van der Waals surface area (Å²) < 4.78 is 3.89. The Kier molecular flexibility index (Phi) is 4.37. The van der Waals surface area contributed by atoms with Crippen LogP contribution in [0.5, 0.6) is 0 Å². The van der Waals surface area contributed by atoms with Crippen LogP contribution in [0.1, 0.15) is 17.0 Å². The Hall–Kier alpha value is -4.25. The number of benzene rings is 3. The van der Waals surface area contributed by atoms with Crippen molar-refractivity contribution in [2.75, 3.05) is 0 Å². The minimum absolute atomic E-state index is 0.832. The largest absolute Gasteiger partial charge is 0.214 e. The van der Waals surface area contributed by atoms with Crippen LogP contribution in [0.2, 0.25) is 0 Å². The van der Waals surface area contributed by atoms with Crippen molar-refractivity contribution in [2.45, 2.75) is 20.8 Å². The number of hydrogen-bond acceptors (Lipinski definition) is 3. The van der Waals surface area contributed by atoms with Gasteiger partial charge < -0.3 is 0 Å². The Morgan fingerprint density at radius 1 is 0.545 bits per heavy atom. The van der Waals surface area contributed by atoms with Gasteiger partial charge in [0.2, 0.25) is 0 Å². The van der Waals surface area contributed by atoms with E-state index in [2.05, 4.69) is 69.3 Å². The molecule has 6 aromatic rings. The van der Waals surface area contributed by atoms with Crippen LogP contribution < -0.4 is 0 Å². The Labute approximate surface area is 191 Å². The molecule has 0 radical (unpaired) electrons. The lowest BCUT2D eigenvalue weighted by Gasteiger charge is -2.10. The highest BCUT2D eigenvalue weighted by molar-refractivity contribution is 6.10. The van der Waals surface area contributed by atoms with Crippen molar-refractivity contribution < 1.29 is 0 Å². The number of hydrogen-bond donors (Lipinski definition) is 0. The second kappa shape index (κ2) is 7.41. The highest BCUT2D eigenvalue weighted by Gasteiger charge is 2.23. The molecule has 0 saturated heterocycles. The van der Waals surface area contributed by atoms with Gasteiger partial charge >= 0.3 is 0 Å². The van der Waals surface area contributed by atoms with Gasteiger partial charge in [0, 0.05) is 5.56 Å². The van der Waals surface area contributed by atoms with E-state index in [1.54, 1.807) is 0 Å². The van der Waals surface area contributed by atoms with Crippen molar-refractivity contribution in [3.8, 4) is 22.5 Å². The zero-order chi connectivity index (χ0) is 22.5. The first-order valence-electron chi connectivity index (χ1n) is 11.1. The molecule has 0 aliphatic carbocycles. The quantitative estimate of drug-likeness (QED) is 0.329. The third-order valence-corrected chi connectivity index (χ3v) is 6.13. The zero-order valence-corrected chi connectivity index (χ0v) is 18.8. The number of aryl methyl sites for hydroxylation is 3. The van der Waals surface area contributed by atoms with E-state index in [1.165, 1.54) is 5.56 Å². The zero-order valence-electron chi connectivity index (χ0n) is 18.8. The fraction of sp³-hybridized carbons (Fsp3) is 0.107. The van der Waals surface area contributed by atoms with Gasteiger partial charge in [0.15, 0.2) is 11.3 Å². The van der Waals surface area contributed by atoms with Crippen molar-refractivity contribution in [2.24, 2.45) is 0 Å². The standard InChI is InChI=1S/C28H23N5/c1-18-14-16-21(17-15-18)26-24-19(2)30-32(22-10-6-4-7-11-22)27(24)29-28-25(26)20(3)31-33(28)23-12-8-5-9-13-23/h4-17H,1-3H3. The van der Waals surface area contributed by atoms with Crippen LogP contribution >= 0.6 is 0 Å². The maximum atomic E-state index is 5.18. The average Bonchev–Trinajstić information content (AvgIpc) is 3.36. The maximum absolute atomic E-state index is 5.18. The average molecular weight is 430 g/mol. The summed E-state index contributed by atoms with van der Waals surface area (Å²) in [5.74, 6) is 0. The molecule has 0 bridgehead atoms. The molecule has 5 nitrogen and oxygen atoms in total. The van der Waals surface area contributed by atoms with Crippen LogP contribution in [-0.4, -0.2) is 24.5 Å². The van der Waals surface area contributed by atoms with Gasteiger partial charge in [0.25, 0.3) is 0 Å². The SMILES string of the molecule is Cc1ccc(-c2c3c(C)nn(-c4ccccc4)c3nc3c2c(C)nn3-c2ccccc2)cc1. The topological polar surface area (TPSA) is 48.5 Å². The Morgan fingerprint density at radius 2 is 1.00 bits per heavy atom. The normalized spacial score (nSPS) is 11.5. The number of pyridine rings is 1. The molecule has 6 rings (SSSR count). The van der Waals surface area contributed by atoms with E-state index in [9.17, 15) is 0 Å². The van der Waals surface area contributed by atoms with Gasteiger partial charge in [-0.25, -0.2) is 14.3 Å². The molecule has 5 heteroatoms. The van der Waals surface area contributed by atoms with E-state index >= 15 is 0 Å². The molecule has 0 fully saturated rings. The van der Waals surface area contributed by atoms with Crippen molar-refractivity contribution in [3.63, 3.8) is 0 Å². The van der Waals surface area contributed by atoms with Crippen molar-refractivity contribution in [1.29, 1.82) is 0 Å². The molecule has 0 aliphatic heterocycles. The number of aromatic nitrogens is 5. The molecule has 0 aliphatic rings. The van der Waals surface area contributed by atoms with Crippen LogP contribution in [-0.2, 0) is 0 Å². The molecule has 3 aromatic carbocycles. The molecule has 3 heterocycles. The summed E-state index contributed by atoms with van der Waals surface area (Å²) in [6.07, 6.45) is 0. The lowest BCUT2D eigenvalue weighted by Crippen LogP contribution is -2.01. The van der Waals surface area contributed by atoms with E-state index in [0.717, 1.165) is 56.0 Å². The van der Waals surface area contributed by atoms with Crippen LogP contribution in [0.3, 0.4) is 0 Å². The van der Waals surface area contributed by atoms with E-state index in [-0.39, 0.29) is 0 Å². The van der Waals surface area contributed by atoms with Crippen molar-refractivity contribution in [1.82, 2.24) is 24.5 Å². The summed E-state index contributed by atoms with van der Waals surface area (Å²) in [5.41, 5.74) is 9.04. The predicted molar refractivity (Wildman–Crippen MR) is 133 cm³/mol. The second-order valence-corrected chi connectivity index (χ2v) is 8.42. The number of rotatable bonds is 3. The first kappa shape index (κ1) is 19.4. The van der Waals surface area contributed by atoms with Crippen LogP contribution in [0.25, 0.3) is 44.6 Å². The monoisotopic (exact) mass is 429 g/mol. The van der Waals surface area contributed by atoms with Gasteiger partial charge in [-0.05, 0) is 50.6 Å². The molecule has 33 heavy (non-hydrogen) atoms. The van der Waals surface area contributed by atoms with Crippen LogP contribution in [0, 0.1) is 20.8 Å². The lowest BCUT2D eigenvalue weighted by atomic mass is 9.97. The summed E-state index contributed by atoms with van der Waals surface area (Å²) in [4.78, 5) is 5.18. The summed E-state index contributed by atoms with van der Waals surface area (Å²) >= 11 is 0. The van der Waals surface area contributed by atoms with E-state index in [4.69, 9.17) is 15.2 Å². The van der Waals surface area contributed by atoms with Gasteiger partial charge in [-0.2, -0.15) is 10.2 Å². The van der Waals surface area contributed by atoms with Crippen molar-refractivity contribution in [3.05, 3.63) is 102 Å². The minimum atomic E-state index is 0.832. The van der Waals surface area contributed by atoms with Crippen LogP contribution in [0.4, 0.5) is 0 Å². The summed E-state index contributed by atoms with van der Waals surface area (Å²) in [5, 5.41) is 12.0. The fourth-order valence-electron chi connectivity index (χ4n) is 4.55. The molecular weight excluding hydrogens is 406 g/mol. The molecular formula is C28H23N5. The summed E-state index contributed by atoms with van der Waals surface area (Å²) in [6, 6.07) is 29.0. The maximum Gasteiger partial charge on any atom is 0.166 e. The van der Waals surface area contributed by atoms with Crippen LogP contribution in [0.15, 0.2) is 84.9 Å². The van der Waals surface area contributed by atoms with Gasteiger partial charge in [0.05, 0.1) is 33.5 Å². The lowest BCUT2D eigenvalue weighted by molar-refractivity contribution is 0.863. The predicted octanol–water partition coefficient (Wildman–Crippen LogP) is 6.35. The molecule has 0 saturated carbocycles. The first-order chi connectivity index (χ1) is 16.1. The van der Waals surface area contributed by atoms with Gasteiger partial charge in [-0.15, -0.1) is 0 Å². The summed E-state index contributed by atoms with van der Waals surface area (Å²) in [7, 11) is 0. The second-order valence-electron chi connectivity index (χ2n) is 8.42. The van der Waals surface area contributed by atoms with Gasteiger partial charge in [-0.3, -0.25) is 0 Å². The molecule has 0 spiro atoms. The minimum Gasteiger partial charge on any atom is -0.214 e. The third-order valence-electron chi connectivity index (χ3n) is 6.13. The van der Waals surface area contributed by atoms with E-state index < -0.39 is 0 Å². The summed E-state index contributed by atoms with van der Waals surface area (Å²) in [6.45, 7) is 6.23. The molecule has 160 valence electrons. The Balaban J connectivity index is 1.79. The Bertz CT molecular complexity index is 1510. The molecule has 3 aromatic heterocycles. The molecule has 0 amide bonds.